The van der Waals surface area contributed by atoms with Crippen LogP contribution in [0.25, 0.3) is 0 Å². The zero-order valence-electron chi connectivity index (χ0n) is 8.00. The summed E-state index contributed by atoms with van der Waals surface area (Å²) in [6, 6.07) is 0.876. The van der Waals surface area contributed by atoms with E-state index in [1.54, 1.807) is 0 Å². The minimum Gasteiger partial charge on any atom is -0.478 e. The van der Waals surface area contributed by atoms with Gasteiger partial charge in [0.2, 0.25) is 0 Å². The molecule has 0 atom stereocenters. The van der Waals surface area contributed by atoms with Gasteiger partial charge in [0.15, 0.2) is 0 Å². The van der Waals surface area contributed by atoms with Crippen molar-refractivity contribution < 1.29 is 18.7 Å². The molecule has 1 aromatic rings. The number of alkyl halides is 2. The first kappa shape index (κ1) is 11.5. The van der Waals surface area contributed by atoms with Gasteiger partial charge in [0.25, 0.3) is 6.43 Å². The Bertz CT molecular complexity index is 394. The fraction of sp³-hybridized carbons (Fsp3) is 0.333. The van der Waals surface area contributed by atoms with Crippen LogP contribution in [0.5, 0.6) is 0 Å². The molecule has 0 aliphatic rings. The molecule has 0 aromatic carbocycles. The SMILES string of the molecule is Cc1c(C(=O)O)cc(C(F)F)nc1CN. The second-order valence-electron chi connectivity index (χ2n) is 2.98. The topological polar surface area (TPSA) is 76.2 Å². The molecule has 1 rings (SSSR count). The third kappa shape index (κ3) is 2.27. The minimum atomic E-state index is -2.80. The maximum atomic E-state index is 12.4. The summed E-state index contributed by atoms with van der Waals surface area (Å²) >= 11 is 0. The maximum Gasteiger partial charge on any atom is 0.336 e. The van der Waals surface area contributed by atoms with Crippen molar-refractivity contribution in [2.24, 2.45) is 5.73 Å². The summed E-state index contributed by atoms with van der Waals surface area (Å²) in [5.41, 5.74) is 5.07. The molecular formula is C9H10F2N2O2. The first-order valence-corrected chi connectivity index (χ1v) is 4.19. The van der Waals surface area contributed by atoms with Gasteiger partial charge in [0.05, 0.1) is 11.3 Å². The number of aromatic nitrogens is 1. The molecule has 1 aromatic heterocycles. The highest BCUT2D eigenvalue weighted by atomic mass is 19.3. The molecule has 82 valence electrons. The second kappa shape index (κ2) is 4.31. The molecule has 1 heterocycles. The predicted octanol–water partition coefficient (Wildman–Crippen LogP) is 1.48. The summed E-state index contributed by atoms with van der Waals surface area (Å²) in [5.74, 6) is -1.26. The fourth-order valence-electron chi connectivity index (χ4n) is 1.22. The first-order chi connectivity index (χ1) is 6.97. The van der Waals surface area contributed by atoms with E-state index in [9.17, 15) is 13.6 Å². The summed E-state index contributed by atoms with van der Waals surface area (Å²) in [4.78, 5) is 14.3. The van der Waals surface area contributed by atoms with Crippen molar-refractivity contribution in [3.63, 3.8) is 0 Å². The van der Waals surface area contributed by atoms with Crippen LogP contribution in [-0.4, -0.2) is 16.1 Å². The van der Waals surface area contributed by atoms with Gasteiger partial charge in [0, 0.05) is 6.54 Å². The zero-order valence-corrected chi connectivity index (χ0v) is 8.00. The molecule has 0 fully saturated rings. The number of rotatable bonds is 3. The van der Waals surface area contributed by atoms with Crippen LogP contribution in [0.4, 0.5) is 8.78 Å². The summed E-state index contributed by atoms with van der Waals surface area (Å²) in [5, 5.41) is 8.78. The summed E-state index contributed by atoms with van der Waals surface area (Å²) < 4.78 is 24.7. The number of pyridine rings is 1. The van der Waals surface area contributed by atoms with Gasteiger partial charge in [-0.3, -0.25) is 4.98 Å². The molecule has 0 spiro atoms. The molecule has 4 nitrogen and oxygen atoms in total. The number of carbonyl (C=O) groups is 1. The molecule has 6 heteroatoms. The number of nitrogens with zero attached hydrogens (tertiary/aromatic N) is 1. The van der Waals surface area contributed by atoms with Crippen molar-refractivity contribution >= 4 is 5.97 Å². The average Bonchev–Trinajstić information content (AvgIpc) is 2.17. The van der Waals surface area contributed by atoms with Crippen LogP contribution in [0.15, 0.2) is 6.07 Å². The smallest absolute Gasteiger partial charge is 0.336 e. The van der Waals surface area contributed by atoms with E-state index in [1.165, 1.54) is 6.92 Å². The fourth-order valence-corrected chi connectivity index (χ4v) is 1.22. The Morgan fingerprint density at radius 2 is 2.27 bits per heavy atom. The van der Waals surface area contributed by atoms with E-state index < -0.39 is 18.1 Å². The first-order valence-electron chi connectivity index (χ1n) is 4.19. The minimum absolute atomic E-state index is 0.0628. The third-order valence-corrected chi connectivity index (χ3v) is 2.04. The van der Waals surface area contributed by atoms with Crippen LogP contribution in [-0.2, 0) is 6.54 Å². The predicted molar refractivity (Wildman–Crippen MR) is 48.8 cm³/mol. The van der Waals surface area contributed by atoms with Gasteiger partial charge >= 0.3 is 5.97 Å². The quantitative estimate of drug-likeness (QED) is 0.802. The highest BCUT2D eigenvalue weighted by molar-refractivity contribution is 5.89. The highest BCUT2D eigenvalue weighted by Crippen LogP contribution is 2.21. The zero-order chi connectivity index (χ0) is 11.6. The lowest BCUT2D eigenvalue weighted by atomic mass is 10.1. The average molecular weight is 216 g/mol. The molecule has 0 unspecified atom stereocenters. The van der Waals surface area contributed by atoms with Gasteiger partial charge in [-0.05, 0) is 18.6 Å². The Labute approximate surface area is 84.7 Å². The van der Waals surface area contributed by atoms with E-state index >= 15 is 0 Å². The van der Waals surface area contributed by atoms with Gasteiger partial charge in [-0.25, -0.2) is 13.6 Å². The Kier molecular flexibility index (Phi) is 3.31. The molecule has 3 N–H and O–H groups in total. The van der Waals surface area contributed by atoms with E-state index in [1.807, 2.05) is 0 Å². The Morgan fingerprint density at radius 1 is 1.67 bits per heavy atom. The number of aromatic carboxylic acids is 1. The van der Waals surface area contributed by atoms with Crippen molar-refractivity contribution in [3.05, 3.63) is 28.6 Å². The van der Waals surface area contributed by atoms with Crippen LogP contribution < -0.4 is 5.73 Å². The number of nitrogens with two attached hydrogens (primary N) is 1. The van der Waals surface area contributed by atoms with E-state index in [2.05, 4.69) is 4.98 Å². The van der Waals surface area contributed by atoms with Gasteiger partial charge < -0.3 is 10.8 Å². The second-order valence-corrected chi connectivity index (χ2v) is 2.98. The van der Waals surface area contributed by atoms with Crippen molar-refractivity contribution in [1.82, 2.24) is 4.98 Å². The number of halogens is 2. The number of carboxylic acids is 1. The van der Waals surface area contributed by atoms with Crippen LogP contribution in [0.3, 0.4) is 0 Å². The van der Waals surface area contributed by atoms with E-state index in [4.69, 9.17) is 10.8 Å². The molecule has 0 amide bonds. The van der Waals surface area contributed by atoms with Crippen molar-refractivity contribution in [2.75, 3.05) is 0 Å². The highest BCUT2D eigenvalue weighted by Gasteiger charge is 2.17. The molecular weight excluding hydrogens is 206 g/mol. The van der Waals surface area contributed by atoms with Crippen LogP contribution in [0.2, 0.25) is 0 Å². The standard InChI is InChI=1S/C9H10F2N2O2/c1-4-5(9(14)15)2-6(8(10)11)13-7(4)3-12/h2,8H,3,12H2,1H3,(H,14,15). The lowest BCUT2D eigenvalue weighted by Gasteiger charge is -2.09. The Hall–Kier alpha value is -1.56. The van der Waals surface area contributed by atoms with E-state index in [0.29, 0.717) is 5.56 Å². The summed E-state index contributed by atoms with van der Waals surface area (Å²) in [7, 11) is 0. The molecule has 0 saturated heterocycles. The van der Waals surface area contributed by atoms with Crippen molar-refractivity contribution in [2.45, 2.75) is 19.9 Å². The van der Waals surface area contributed by atoms with Crippen LogP contribution >= 0.6 is 0 Å². The number of carboxylic acid groups (broad SMARTS) is 1. The molecule has 0 aliphatic heterocycles. The molecule has 15 heavy (non-hydrogen) atoms. The largest absolute Gasteiger partial charge is 0.478 e. The van der Waals surface area contributed by atoms with Gasteiger partial charge in [-0.2, -0.15) is 0 Å². The van der Waals surface area contributed by atoms with Gasteiger partial charge in [0.1, 0.15) is 5.69 Å². The summed E-state index contributed by atoms with van der Waals surface area (Å²) in [6.45, 7) is 1.43. The lowest BCUT2D eigenvalue weighted by Crippen LogP contribution is -2.11. The van der Waals surface area contributed by atoms with Gasteiger partial charge in [-0.1, -0.05) is 0 Å². The monoisotopic (exact) mass is 216 g/mol. The van der Waals surface area contributed by atoms with E-state index in [-0.39, 0.29) is 17.8 Å². The van der Waals surface area contributed by atoms with Crippen molar-refractivity contribution in [3.8, 4) is 0 Å². The Morgan fingerprint density at radius 3 is 2.67 bits per heavy atom. The van der Waals surface area contributed by atoms with E-state index in [0.717, 1.165) is 6.07 Å². The van der Waals surface area contributed by atoms with Crippen molar-refractivity contribution in [1.29, 1.82) is 0 Å². The maximum absolute atomic E-state index is 12.4. The van der Waals surface area contributed by atoms with Crippen LogP contribution in [0.1, 0.15) is 33.7 Å². The third-order valence-electron chi connectivity index (χ3n) is 2.04. The van der Waals surface area contributed by atoms with Gasteiger partial charge in [-0.15, -0.1) is 0 Å². The molecule has 0 bridgehead atoms. The molecule has 0 saturated carbocycles. The Balaban J connectivity index is 3.38. The molecule has 0 radical (unpaired) electrons. The lowest BCUT2D eigenvalue weighted by molar-refractivity contribution is 0.0695. The van der Waals surface area contributed by atoms with Crippen LogP contribution in [0, 0.1) is 6.92 Å². The summed E-state index contributed by atoms with van der Waals surface area (Å²) in [6.07, 6.45) is -2.80. The number of hydrogen-bond donors (Lipinski definition) is 2. The number of hydrogen-bond acceptors (Lipinski definition) is 3. The molecule has 0 aliphatic carbocycles. The normalized spacial score (nSPS) is 10.7.